The SMILES string of the molecule is Cc1nnc(NN=Cc2c[nH]c3ccccc23)n1N. The minimum absolute atomic E-state index is 0.397. The Hall–Kier alpha value is -2.83. The Morgan fingerprint density at radius 1 is 1.37 bits per heavy atom. The van der Waals surface area contributed by atoms with Crippen LogP contribution in [-0.2, 0) is 0 Å². The topological polar surface area (TPSA) is 96.9 Å². The van der Waals surface area contributed by atoms with Crippen LogP contribution in [0.25, 0.3) is 10.9 Å². The van der Waals surface area contributed by atoms with Crippen LogP contribution in [0.1, 0.15) is 11.4 Å². The lowest BCUT2D eigenvalue weighted by Gasteiger charge is -1.98. The molecule has 0 radical (unpaired) electrons. The third kappa shape index (κ3) is 2.01. The van der Waals surface area contributed by atoms with Crippen molar-refractivity contribution in [3.8, 4) is 0 Å². The summed E-state index contributed by atoms with van der Waals surface area (Å²) in [7, 11) is 0. The van der Waals surface area contributed by atoms with Crippen molar-refractivity contribution in [3.05, 3.63) is 41.9 Å². The van der Waals surface area contributed by atoms with E-state index in [-0.39, 0.29) is 0 Å². The minimum atomic E-state index is 0.397. The molecule has 3 rings (SSSR count). The lowest BCUT2D eigenvalue weighted by molar-refractivity contribution is 0.926. The number of nitrogens with zero attached hydrogens (tertiary/aromatic N) is 4. The first-order chi connectivity index (χ1) is 9.25. The van der Waals surface area contributed by atoms with Crippen LogP contribution in [-0.4, -0.2) is 26.1 Å². The molecular formula is C12H13N7. The second-order valence-electron chi connectivity index (χ2n) is 4.10. The van der Waals surface area contributed by atoms with Crippen molar-refractivity contribution >= 4 is 23.1 Å². The van der Waals surface area contributed by atoms with Gasteiger partial charge in [-0.05, 0) is 13.0 Å². The van der Waals surface area contributed by atoms with Crippen LogP contribution in [0.5, 0.6) is 0 Å². The number of nitrogens with two attached hydrogens (primary N) is 1. The number of fused-ring (bicyclic) bond motifs is 1. The third-order valence-corrected chi connectivity index (χ3v) is 2.86. The molecule has 1 aromatic carbocycles. The predicted molar refractivity (Wildman–Crippen MR) is 74.4 cm³/mol. The van der Waals surface area contributed by atoms with E-state index in [4.69, 9.17) is 5.84 Å². The Morgan fingerprint density at radius 3 is 3.00 bits per heavy atom. The number of hydrogen-bond acceptors (Lipinski definition) is 5. The second kappa shape index (κ2) is 4.45. The van der Waals surface area contributed by atoms with Gasteiger partial charge in [-0.1, -0.05) is 18.2 Å². The summed E-state index contributed by atoms with van der Waals surface area (Å²) in [5.41, 5.74) is 4.82. The molecule has 0 fully saturated rings. The maximum Gasteiger partial charge on any atom is 0.263 e. The fourth-order valence-electron chi connectivity index (χ4n) is 1.81. The van der Waals surface area contributed by atoms with Crippen LogP contribution in [0.3, 0.4) is 0 Å². The fraction of sp³-hybridized carbons (Fsp3) is 0.0833. The summed E-state index contributed by atoms with van der Waals surface area (Å²) < 4.78 is 1.34. The van der Waals surface area contributed by atoms with E-state index in [2.05, 4.69) is 25.7 Å². The van der Waals surface area contributed by atoms with Gasteiger partial charge in [0, 0.05) is 22.7 Å². The zero-order valence-corrected chi connectivity index (χ0v) is 10.3. The lowest BCUT2D eigenvalue weighted by Crippen LogP contribution is -2.13. The van der Waals surface area contributed by atoms with E-state index in [0.717, 1.165) is 16.5 Å². The molecular weight excluding hydrogens is 242 g/mol. The number of H-pyrrole nitrogens is 1. The number of hydrazone groups is 1. The van der Waals surface area contributed by atoms with Gasteiger partial charge in [-0.2, -0.15) is 5.10 Å². The molecule has 7 nitrogen and oxygen atoms in total. The van der Waals surface area contributed by atoms with Crippen LogP contribution >= 0.6 is 0 Å². The van der Waals surface area contributed by atoms with Gasteiger partial charge in [-0.15, -0.1) is 10.2 Å². The third-order valence-electron chi connectivity index (χ3n) is 2.86. The quantitative estimate of drug-likeness (QED) is 0.372. The highest BCUT2D eigenvalue weighted by Gasteiger charge is 2.03. The van der Waals surface area contributed by atoms with E-state index < -0.39 is 0 Å². The Labute approximate surface area is 109 Å². The van der Waals surface area contributed by atoms with Crippen molar-refractivity contribution in [2.75, 3.05) is 11.3 Å². The van der Waals surface area contributed by atoms with Gasteiger partial charge in [-0.25, -0.2) is 10.1 Å². The van der Waals surface area contributed by atoms with E-state index in [1.807, 2.05) is 30.5 Å². The van der Waals surface area contributed by atoms with Crippen molar-refractivity contribution in [3.63, 3.8) is 0 Å². The van der Waals surface area contributed by atoms with Crippen molar-refractivity contribution in [2.45, 2.75) is 6.92 Å². The van der Waals surface area contributed by atoms with Gasteiger partial charge in [0.25, 0.3) is 5.95 Å². The van der Waals surface area contributed by atoms with Gasteiger partial charge in [0.1, 0.15) is 0 Å². The summed E-state index contributed by atoms with van der Waals surface area (Å²) >= 11 is 0. The number of benzene rings is 1. The molecule has 0 saturated carbocycles. The number of aromatic nitrogens is 4. The molecule has 0 aliphatic carbocycles. The monoisotopic (exact) mass is 255 g/mol. The Balaban J connectivity index is 1.81. The molecule has 96 valence electrons. The zero-order chi connectivity index (χ0) is 13.2. The summed E-state index contributed by atoms with van der Waals surface area (Å²) in [5, 5.41) is 12.9. The van der Waals surface area contributed by atoms with E-state index >= 15 is 0 Å². The number of aryl methyl sites for hydroxylation is 1. The van der Waals surface area contributed by atoms with E-state index in [1.54, 1.807) is 13.1 Å². The molecule has 4 N–H and O–H groups in total. The highest BCUT2D eigenvalue weighted by atomic mass is 15.5. The van der Waals surface area contributed by atoms with E-state index in [1.165, 1.54) is 4.68 Å². The summed E-state index contributed by atoms with van der Waals surface area (Å²) in [6, 6.07) is 8.02. The van der Waals surface area contributed by atoms with E-state index in [9.17, 15) is 0 Å². The number of hydrogen-bond donors (Lipinski definition) is 3. The predicted octanol–water partition coefficient (Wildman–Crippen LogP) is 1.23. The lowest BCUT2D eigenvalue weighted by atomic mass is 10.2. The molecule has 3 aromatic rings. The van der Waals surface area contributed by atoms with Crippen molar-refractivity contribution in [1.29, 1.82) is 0 Å². The summed E-state index contributed by atoms with van der Waals surface area (Å²) in [4.78, 5) is 3.18. The number of para-hydroxylation sites is 1. The summed E-state index contributed by atoms with van der Waals surface area (Å²) in [6.07, 6.45) is 3.61. The molecule has 0 aliphatic rings. The number of nitrogen functional groups attached to an aromatic ring is 1. The fourth-order valence-corrected chi connectivity index (χ4v) is 1.81. The minimum Gasteiger partial charge on any atom is -0.361 e. The smallest absolute Gasteiger partial charge is 0.263 e. The molecule has 0 amide bonds. The van der Waals surface area contributed by atoms with Gasteiger partial charge < -0.3 is 10.8 Å². The molecule has 0 unspecified atom stereocenters. The van der Waals surface area contributed by atoms with Crippen molar-refractivity contribution in [2.24, 2.45) is 5.10 Å². The number of rotatable bonds is 3. The number of anilines is 1. The normalized spacial score (nSPS) is 11.4. The van der Waals surface area contributed by atoms with Gasteiger partial charge in [0.05, 0.1) is 6.21 Å². The summed E-state index contributed by atoms with van der Waals surface area (Å²) in [6.45, 7) is 1.77. The average molecular weight is 255 g/mol. The van der Waals surface area contributed by atoms with Gasteiger partial charge in [0.2, 0.25) is 0 Å². The van der Waals surface area contributed by atoms with Crippen molar-refractivity contribution < 1.29 is 0 Å². The molecule has 7 heteroatoms. The van der Waals surface area contributed by atoms with Crippen molar-refractivity contribution in [1.82, 2.24) is 19.9 Å². The molecule has 0 spiro atoms. The molecule has 0 saturated heterocycles. The maximum absolute atomic E-state index is 5.70. The Kier molecular flexibility index (Phi) is 2.64. The largest absolute Gasteiger partial charge is 0.361 e. The Bertz CT molecular complexity index is 737. The standard InChI is InChI=1S/C12H13N7/c1-8-16-18-12(19(8)13)17-15-7-9-6-14-11-5-3-2-4-10(9)11/h2-7,14H,13H2,1H3,(H,17,18). The highest BCUT2D eigenvalue weighted by molar-refractivity contribution is 5.99. The Morgan fingerprint density at radius 2 is 2.21 bits per heavy atom. The highest BCUT2D eigenvalue weighted by Crippen LogP contribution is 2.15. The maximum atomic E-state index is 5.70. The average Bonchev–Trinajstić information content (AvgIpc) is 2.97. The number of nitrogens with one attached hydrogen (secondary N) is 2. The number of aromatic amines is 1. The molecule has 19 heavy (non-hydrogen) atoms. The first kappa shape index (κ1) is 11.3. The molecule has 2 heterocycles. The van der Waals surface area contributed by atoms with Gasteiger partial charge in [-0.3, -0.25) is 0 Å². The summed E-state index contributed by atoms with van der Waals surface area (Å²) in [5.74, 6) is 6.71. The van der Waals surface area contributed by atoms with Gasteiger partial charge >= 0.3 is 0 Å². The molecule has 2 aromatic heterocycles. The second-order valence-corrected chi connectivity index (χ2v) is 4.10. The molecule has 0 aliphatic heterocycles. The van der Waals surface area contributed by atoms with Crippen LogP contribution in [0.15, 0.2) is 35.6 Å². The first-order valence-electron chi connectivity index (χ1n) is 5.78. The zero-order valence-electron chi connectivity index (χ0n) is 10.3. The molecule has 0 atom stereocenters. The van der Waals surface area contributed by atoms with Crippen LogP contribution < -0.4 is 11.3 Å². The van der Waals surface area contributed by atoms with Crippen LogP contribution in [0.4, 0.5) is 5.95 Å². The first-order valence-corrected chi connectivity index (χ1v) is 5.78. The van der Waals surface area contributed by atoms with Gasteiger partial charge in [0.15, 0.2) is 5.82 Å². The molecule has 0 bridgehead atoms. The van der Waals surface area contributed by atoms with Crippen LogP contribution in [0.2, 0.25) is 0 Å². The van der Waals surface area contributed by atoms with E-state index in [0.29, 0.717) is 11.8 Å². The van der Waals surface area contributed by atoms with Crippen LogP contribution in [0, 0.1) is 6.92 Å².